The molecule has 0 unspecified atom stereocenters. The summed E-state index contributed by atoms with van der Waals surface area (Å²) in [5, 5.41) is 5.26. The monoisotopic (exact) mass is 303 g/mol. The van der Waals surface area contributed by atoms with Crippen LogP contribution in [0.5, 0.6) is 5.75 Å². The first-order valence-corrected chi connectivity index (χ1v) is 7.27. The van der Waals surface area contributed by atoms with Gasteiger partial charge in [0.15, 0.2) is 0 Å². The number of carbonyl (C=O) groups is 2. The second-order valence-corrected chi connectivity index (χ2v) is 5.30. The Bertz CT molecular complexity index is 598. The number of hydrogen-bond donors (Lipinski definition) is 0. The zero-order valence-electron chi connectivity index (χ0n) is 13.2. The predicted molar refractivity (Wildman–Crippen MR) is 83.8 cm³/mol. The van der Waals surface area contributed by atoms with Crippen LogP contribution in [0.25, 0.3) is 0 Å². The molecular weight excluding hydrogens is 282 g/mol. The summed E-state index contributed by atoms with van der Waals surface area (Å²) in [4.78, 5) is 25.2. The molecule has 0 aromatic heterocycles. The number of benzene rings is 1. The molecule has 0 N–H and O–H groups in total. The molecule has 1 aliphatic rings. The van der Waals surface area contributed by atoms with Gasteiger partial charge in [-0.25, -0.2) is 5.01 Å². The number of nitrogens with zero attached hydrogens (tertiary/aromatic N) is 3. The van der Waals surface area contributed by atoms with Crippen LogP contribution >= 0.6 is 0 Å². The van der Waals surface area contributed by atoms with E-state index in [-0.39, 0.29) is 11.8 Å². The van der Waals surface area contributed by atoms with E-state index < -0.39 is 0 Å². The topological polar surface area (TPSA) is 62.2 Å². The second-order valence-electron chi connectivity index (χ2n) is 5.30. The average molecular weight is 303 g/mol. The summed E-state index contributed by atoms with van der Waals surface area (Å²) >= 11 is 0. The molecule has 1 aliphatic heterocycles. The first kappa shape index (κ1) is 16.0. The van der Waals surface area contributed by atoms with Gasteiger partial charge in [0.05, 0.1) is 6.54 Å². The number of aryl methyl sites for hydroxylation is 1. The molecule has 22 heavy (non-hydrogen) atoms. The Morgan fingerprint density at radius 3 is 2.77 bits per heavy atom. The number of likely N-dealkylation sites (N-methyl/N-ethyl adjacent to an activating group) is 1. The van der Waals surface area contributed by atoms with E-state index in [0.29, 0.717) is 31.7 Å². The number of ether oxygens (including phenoxy) is 1. The van der Waals surface area contributed by atoms with E-state index in [2.05, 4.69) is 5.10 Å². The highest BCUT2D eigenvalue weighted by Gasteiger charge is 2.24. The molecule has 0 aliphatic carbocycles. The third-order valence-corrected chi connectivity index (χ3v) is 3.58. The van der Waals surface area contributed by atoms with Crippen LogP contribution in [0.2, 0.25) is 0 Å². The van der Waals surface area contributed by atoms with E-state index >= 15 is 0 Å². The summed E-state index contributed by atoms with van der Waals surface area (Å²) in [6.07, 6.45) is 0.722. The fraction of sp³-hybridized carbons (Fsp3) is 0.438. The van der Waals surface area contributed by atoms with Crippen LogP contribution in [0.1, 0.15) is 18.4 Å². The van der Waals surface area contributed by atoms with Crippen LogP contribution in [0.4, 0.5) is 0 Å². The van der Waals surface area contributed by atoms with Gasteiger partial charge >= 0.3 is 0 Å². The molecule has 6 heteroatoms. The Labute approximate surface area is 130 Å². The molecule has 0 fully saturated rings. The highest BCUT2D eigenvalue weighted by atomic mass is 16.5. The summed E-state index contributed by atoms with van der Waals surface area (Å²) in [6.45, 7) is 2.85. The van der Waals surface area contributed by atoms with E-state index in [1.807, 2.05) is 31.2 Å². The summed E-state index contributed by atoms with van der Waals surface area (Å²) < 4.78 is 5.68. The van der Waals surface area contributed by atoms with Crippen molar-refractivity contribution >= 4 is 17.5 Å². The molecule has 1 heterocycles. The first-order chi connectivity index (χ1) is 10.5. The van der Waals surface area contributed by atoms with Crippen LogP contribution in [-0.2, 0) is 9.59 Å². The van der Waals surface area contributed by atoms with Crippen molar-refractivity contribution in [3.63, 3.8) is 0 Å². The molecule has 0 spiro atoms. The first-order valence-electron chi connectivity index (χ1n) is 7.27. The number of carbonyl (C=O) groups excluding carboxylic acids is 2. The van der Waals surface area contributed by atoms with E-state index in [1.54, 1.807) is 19.0 Å². The minimum atomic E-state index is -0.160. The maximum Gasteiger partial charge on any atom is 0.269 e. The standard InChI is InChI=1S/C16H21N3O3/c1-12-6-4-5-7-14(12)22-11-10-18(2)16(21)13-8-9-15(20)19(3)17-13/h4-7H,8-11H2,1-3H3. The number of rotatable bonds is 5. The fourth-order valence-electron chi connectivity index (χ4n) is 2.16. The molecule has 6 nitrogen and oxygen atoms in total. The summed E-state index contributed by atoms with van der Waals surface area (Å²) in [5.41, 5.74) is 1.48. The maximum atomic E-state index is 12.3. The molecule has 0 saturated heterocycles. The summed E-state index contributed by atoms with van der Waals surface area (Å²) in [6, 6.07) is 7.76. The highest BCUT2D eigenvalue weighted by Crippen LogP contribution is 2.16. The van der Waals surface area contributed by atoms with Crippen LogP contribution in [0.3, 0.4) is 0 Å². The van der Waals surface area contributed by atoms with Gasteiger partial charge in [-0.1, -0.05) is 18.2 Å². The minimum Gasteiger partial charge on any atom is -0.491 e. The van der Waals surface area contributed by atoms with Crippen molar-refractivity contribution in [1.29, 1.82) is 0 Å². The molecule has 0 saturated carbocycles. The van der Waals surface area contributed by atoms with E-state index in [4.69, 9.17) is 4.74 Å². The van der Waals surface area contributed by atoms with Crippen LogP contribution < -0.4 is 4.74 Å². The number of amides is 2. The zero-order valence-corrected chi connectivity index (χ0v) is 13.2. The maximum absolute atomic E-state index is 12.3. The van der Waals surface area contributed by atoms with Crippen LogP contribution in [-0.4, -0.2) is 54.7 Å². The van der Waals surface area contributed by atoms with Crippen molar-refractivity contribution in [2.24, 2.45) is 5.10 Å². The van der Waals surface area contributed by atoms with Crippen molar-refractivity contribution in [2.45, 2.75) is 19.8 Å². The summed E-state index contributed by atoms with van der Waals surface area (Å²) in [5.74, 6) is 0.596. The van der Waals surface area contributed by atoms with Crippen molar-refractivity contribution in [3.8, 4) is 5.75 Å². The van der Waals surface area contributed by atoms with E-state index in [9.17, 15) is 9.59 Å². The molecule has 0 radical (unpaired) electrons. The smallest absolute Gasteiger partial charge is 0.269 e. The second kappa shape index (κ2) is 7.06. The molecule has 0 bridgehead atoms. The molecular formula is C16H21N3O3. The van der Waals surface area contributed by atoms with Gasteiger partial charge in [-0.2, -0.15) is 5.10 Å². The Kier molecular flexibility index (Phi) is 5.14. The molecule has 1 aromatic rings. The van der Waals surface area contributed by atoms with Gasteiger partial charge in [0, 0.05) is 26.9 Å². The van der Waals surface area contributed by atoms with Gasteiger partial charge in [0.2, 0.25) is 5.91 Å². The Morgan fingerprint density at radius 1 is 1.36 bits per heavy atom. The van der Waals surface area contributed by atoms with Crippen molar-refractivity contribution in [1.82, 2.24) is 9.91 Å². The average Bonchev–Trinajstić information content (AvgIpc) is 2.51. The number of hydrazone groups is 1. The number of para-hydroxylation sites is 1. The molecule has 1 aromatic carbocycles. The van der Waals surface area contributed by atoms with Gasteiger partial charge in [-0.15, -0.1) is 0 Å². The fourth-order valence-corrected chi connectivity index (χ4v) is 2.16. The predicted octanol–water partition coefficient (Wildman–Crippen LogP) is 1.44. The molecule has 2 amide bonds. The minimum absolute atomic E-state index is 0.0675. The highest BCUT2D eigenvalue weighted by molar-refractivity contribution is 6.39. The normalized spacial score (nSPS) is 14.6. The van der Waals surface area contributed by atoms with Crippen molar-refractivity contribution in [3.05, 3.63) is 29.8 Å². The lowest BCUT2D eigenvalue weighted by Gasteiger charge is -2.23. The quantitative estimate of drug-likeness (QED) is 0.827. The van der Waals surface area contributed by atoms with Gasteiger partial charge < -0.3 is 9.64 Å². The summed E-state index contributed by atoms with van der Waals surface area (Å²) in [7, 11) is 3.28. The van der Waals surface area contributed by atoms with Crippen molar-refractivity contribution < 1.29 is 14.3 Å². The van der Waals surface area contributed by atoms with Crippen molar-refractivity contribution in [2.75, 3.05) is 27.2 Å². The molecule has 0 atom stereocenters. The third-order valence-electron chi connectivity index (χ3n) is 3.58. The largest absolute Gasteiger partial charge is 0.491 e. The van der Waals surface area contributed by atoms with E-state index in [1.165, 1.54) is 5.01 Å². The lowest BCUT2D eigenvalue weighted by Crippen LogP contribution is -2.40. The van der Waals surface area contributed by atoms with Crippen LogP contribution in [0.15, 0.2) is 29.4 Å². The molecule has 118 valence electrons. The lowest BCUT2D eigenvalue weighted by atomic mass is 10.1. The van der Waals surface area contributed by atoms with Crippen LogP contribution in [0, 0.1) is 6.92 Å². The Balaban J connectivity index is 1.86. The van der Waals surface area contributed by atoms with E-state index in [0.717, 1.165) is 11.3 Å². The lowest BCUT2D eigenvalue weighted by molar-refractivity contribution is -0.130. The Morgan fingerprint density at radius 2 is 2.09 bits per heavy atom. The SMILES string of the molecule is Cc1ccccc1OCCN(C)C(=O)C1=NN(C)C(=O)CC1. The van der Waals surface area contributed by atoms with Gasteiger partial charge in [0.1, 0.15) is 18.1 Å². The Hall–Kier alpha value is -2.37. The number of hydrogen-bond acceptors (Lipinski definition) is 4. The third kappa shape index (κ3) is 3.84. The zero-order chi connectivity index (χ0) is 16.1. The van der Waals surface area contributed by atoms with Gasteiger partial charge in [0.25, 0.3) is 5.91 Å². The van der Waals surface area contributed by atoms with Gasteiger partial charge in [-0.3, -0.25) is 9.59 Å². The van der Waals surface area contributed by atoms with Gasteiger partial charge in [-0.05, 0) is 18.6 Å². The molecule has 2 rings (SSSR count).